The zero-order chi connectivity index (χ0) is 22.2. The quantitative estimate of drug-likeness (QED) is 0.495. The highest BCUT2D eigenvalue weighted by atomic mass is 16.2. The lowest BCUT2D eigenvalue weighted by Gasteiger charge is -2.39. The van der Waals surface area contributed by atoms with E-state index in [2.05, 4.69) is 50.0 Å². The number of hydrogen-bond acceptors (Lipinski definition) is 4. The SMILES string of the molecule is Cc1ccc2c(c1)c1c3n2CCN(CC(=O)NN=Cc2ccc(N(C)C)cc2)[C@@H]3CCC1. The molecule has 5 rings (SSSR count). The number of nitrogens with one attached hydrogen (secondary N) is 1. The van der Waals surface area contributed by atoms with Crippen LogP contribution in [-0.4, -0.2) is 48.8 Å². The molecule has 0 unspecified atom stereocenters. The van der Waals surface area contributed by atoms with E-state index < -0.39 is 0 Å². The second-order valence-electron chi connectivity index (χ2n) is 9.19. The maximum atomic E-state index is 12.7. The summed E-state index contributed by atoms with van der Waals surface area (Å²) in [4.78, 5) is 17.0. The molecule has 166 valence electrons. The molecule has 2 heterocycles. The number of aryl methyl sites for hydroxylation is 2. The first-order chi connectivity index (χ1) is 15.5. The van der Waals surface area contributed by atoms with E-state index in [1.54, 1.807) is 6.21 Å². The summed E-state index contributed by atoms with van der Waals surface area (Å²) in [6.45, 7) is 4.36. The molecule has 1 N–H and O–H groups in total. The maximum Gasteiger partial charge on any atom is 0.254 e. The van der Waals surface area contributed by atoms with Crippen LogP contribution in [0.4, 0.5) is 5.69 Å². The highest BCUT2D eigenvalue weighted by Crippen LogP contribution is 2.42. The zero-order valence-electron chi connectivity index (χ0n) is 19.1. The van der Waals surface area contributed by atoms with Gasteiger partial charge in [-0.1, -0.05) is 23.8 Å². The van der Waals surface area contributed by atoms with Gasteiger partial charge >= 0.3 is 0 Å². The molecule has 1 atom stereocenters. The monoisotopic (exact) mass is 429 g/mol. The number of carbonyl (C=O) groups is 1. The van der Waals surface area contributed by atoms with Crippen molar-refractivity contribution in [1.29, 1.82) is 0 Å². The Morgan fingerprint density at radius 2 is 2.00 bits per heavy atom. The van der Waals surface area contributed by atoms with Crippen molar-refractivity contribution in [2.75, 3.05) is 32.1 Å². The number of fused-ring (bicyclic) bond motifs is 3. The molecule has 0 radical (unpaired) electrons. The standard InChI is InChI=1S/C26H31N5O/c1-18-7-12-23-22(15-18)21-5-4-6-24-26(21)31(23)14-13-30(24)17-25(32)28-27-16-19-8-10-20(11-9-19)29(2)3/h7-12,15-16,24H,4-6,13-14,17H2,1-3H3,(H,28,32)/t24-/m1/s1. The first-order valence-electron chi connectivity index (χ1n) is 11.5. The number of amides is 1. The predicted molar refractivity (Wildman–Crippen MR) is 130 cm³/mol. The van der Waals surface area contributed by atoms with Gasteiger partial charge in [0, 0.05) is 49.5 Å². The zero-order valence-corrected chi connectivity index (χ0v) is 19.1. The normalized spacial score (nSPS) is 18.2. The van der Waals surface area contributed by atoms with Crippen LogP contribution in [0.25, 0.3) is 10.9 Å². The van der Waals surface area contributed by atoms with Gasteiger partial charge in [0.2, 0.25) is 0 Å². The summed E-state index contributed by atoms with van der Waals surface area (Å²) in [5.41, 5.74) is 10.4. The molecule has 0 bridgehead atoms. The Labute approximate surface area is 189 Å². The fourth-order valence-electron chi connectivity index (χ4n) is 5.24. The first kappa shape index (κ1) is 20.8. The highest BCUT2D eigenvalue weighted by Gasteiger charge is 2.35. The van der Waals surface area contributed by atoms with Crippen molar-refractivity contribution < 1.29 is 4.79 Å². The number of hydrogen-bond donors (Lipinski definition) is 1. The smallest absolute Gasteiger partial charge is 0.254 e. The molecule has 0 saturated carbocycles. The average molecular weight is 430 g/mol. The van der Waals surface area contributed by atoms with Gasteiger partial charge < -0.3 is 9.47 Å². The lowest BCUT2D eigenvalue weighted by molar-refractivity contribution is -0.123. The van der Waals surface area contributed by atoms with Gasteiger partial charge in [-0.05, 0) is 61.6 Å². The molecule has 2 aliphatic rings. The Morgan fingerprint density at radius 1 is 1.19 bits per heavy atom. The van der Waals surface area contributed by atoms with Crippen molar-refractivity contribution >= 4 is 28.7 Å². The van der Waals surface area contributed by atoms with Gasteiger partial charge in [-0.15, -0.1) is 0 Å². The lowest BCUT2D eigenvalue weighted by atomic mass is 9.89. The van der Waals surface area contributed by atoms with Gasteiger partial charge in [0.1, 0.15) is 0 Å². The number of rotatable bonds is 5. The van der Waals surface area contributed by atoms with Crippen molar-refractivity contribution in [3.8, 4) is 0 Å². The molecule has 1 amide bonds. The summed E-state index contributed by atoms with van der Waals surface area (Å²) >= 11 is 0. The number of hydrazone groups is 1. The van der Waals surface area contributed by atoms with Crippen LogP contribution in [0.1, 0.15) is 41.3 Å². The molecule has 3 aromatic rings. The van der Waals surface area contributed by atoms with Gasteiger partial charge in [0.25, 0.3) is 5.91 Å². The summed E-state index contributed by atoms with van der Waals surface area (Å²) in [6.07, 6.45) is 5.11. The van der Waals surface area contributed by atoms with Crippen molar-refractivity contribution in [3.63, 3.8) is 0 Å². The number of nitrogens with zero attached hydrogens (tertiary/aromatic N) is 4. The molecule has 0 spiro atoms. The summed E-state index contributed by atoms with van der Waals surface area (Å²) in [5.74, 6) is -0.0568. The largest absolute Gasteiger partial charge is 0.378 e. The minimum atomic E-state index is -0.0568. The van der Waals surface area contributed by atoms with Gasteiger partial charge in [0.05, 0.1) is 18.8 Å². The third kappa shape index (κ3) is 3.79. The van der Waals surface area contributed by atoms with Crippen LogP contribution >= 0.6 is 0 Å². The van der Waals surface area contributed by atoms with Crippen LogP contribution in [0.2, 0.25) is 0 Å². The summed E-state index contributed by atoms with van der Waals surface area (Å²) < 4.78 is 2.50. The lowest BCUT2D eigenvalue weighted by Crippen LogP contribution is -2.44. The third-order valence-electron chi connectivity index (χ3n) is 6.80. The van der Waals surface area contributed by atoms with Crippen molar-refractivity contribution in [1.82, 2.24) is 14.9 Å². The third-order valence-corrected chi connectivity index (χ3v) is 6.80. The van der Waals surface area contributed by atoms with Gasteiger partial charge in [0.15, 0.2) is 0 Å². The molecule has 32 heavy (non-hydrogen) atoms. The number of aromatic nitrogens is 1. The minimum absolute atomic E-state index is 0.0568. The first-order valence-corrected chi connectivity index (χ1v) is 11.5. The van der Waals surface area contributed by atoms with Crippen LogP contribution < -0.4 is 10.3 Å². The molecule has 6 heteroatoms. The van der Waals surface area contributed by atoms with E-state index in [1.807, 2.05) is 38.4 Å². The Bertz CT molecular complexity index is 1180. The van der Waals surface area contributed by atoms with Crippen LogP contribution in [-0.2, 0) is 17.8 Å². The van der Waals surface area contributed by atoms with Crippen LogP contribution in [0.15, 0.2) is 47.6 Å². The van der Waals surface area contributed by atoms with Crippen LogP contribution in [0, 0.1) is 6.92 Å². The van der Waals surface area contributed by atoms with E-state index >= 15 is 0 Å². The van der Waals surface area contributed by atoms with E-state index in [4.69, 9.17) is 0 Å². The van der Waals surface area contributed by atoms with E-state index in [0.29, 0.717) is 12.6 Å². The Kier molecular flexibility index (Phi) is 5.47. The summed E-state index contributed by atoms with van der Waals surface area (Å²) in [6, 6.07) is 15.2. The molecule has 6 nitrogen and oxygen atoms in total. The highest BCUT2D eigenvalue weighted by molar-refractivity contribution is 5.87. The fraction of sp³-hybridized carbons (Fsp3) is 0.385. The van der Waals surface area contributed by atoms with Gasteiger partial charge in [-0.2, -0.15) is 5.10 Å². The second kappa shape index (κ2) is 8.43. The molecule has 0 saturated heterocycles. The maximum absolute atomic E-state index is 12.7. The topological polar surface area (TPSA) is 52.9 Å². The van der Waals surface area contributed by atoms with E-state index in [-0.39, 0.29) is 5.91 Å². The van der Waals surface area contributed by atoms with Crippen molar-refractivity contribution in [2.24, 2.45) is 5.10 Å². The van der Waals surface area contributed by atoms with E-state index in [1.165, 1.54) is 34.1 Å². The molecule has 1 aromatic heterocycles. The van der Waals surface area contributed by atoms with E-state index in [9.17, 15) is 4.79 Å². The summed E-state index contributed by atoms with van der Waals surface area (Å²) in [7, 11) is 4.03. The van der Waals surface area contributed by atoms with Gasteiger partial charge in [-0.25, -0.2) is 5.43 Å². The Balaban J connectivity index is 1.28. The number of anilines is 1. The van der Waals surface area contributed by atoms with Gasteiger partial charge in [-0.3, -0.25) is 9.69 Å². The van der Waals surface area contributed by atoms with Crippen LogP contribution in [0.5, 0.6) is 0 Å². The van der Waals surface area contributed by atoms with Crippen molar-refractivity contribution in [3.05, 3.63) is 64.8 Å². The molecule has 1 aliphatic carbocycles. The number of carbonyl (C=O) groups excluding carboxylic acids is 1. The fourth-order valence-corrected chi connectivity index (χ4v) is 5.24. The molecule has 1 aliphatic heterocycles. The van der Waals surface area contributed by atoms with Crippen molar-refractivity contribution in [2.45, 2.75) is 38.8 Å². The molecule has 2 aromatic carbocycles. The minimum Gasteiger partial charge on any atom is -0.378 e. The summed E-state index contributed by atoms with van der Waals surface area (Å²) in [5, 5.41) is 5.59. The second-order valence-corrected chi connectivity index (χ2v) is 9.19. The molecule has 0 fully saturated rings. The Morgan fingerprint density at radius 3 is 2.78 bits per heavy atom. The molecular weight excluding hydrogens is 398 g/mol. The average Bonchev–Trinajstić information content (AvgIpc) is 3.10. The molecular formula is C26H31N5O. The Hall–Kier alpha value is -3.12. The van der Waals surface area contributed by atoms with Crippen LogP contribution in [0.3, 0.4) is 0 Å². The number of benzene rings is 2. The van der Waals surface area contributed by atoms with E-state index in [0.717, 1.165) is 37.2 Å². The predicted octanol–water partition coefficient (Wildman–Crippen LogP) is 3.86.